The smallest absolute Gasteiger partial charge is 0.271 e. The second-order valence-electron chi connectivity index (χ2n) is 5.13. The van der Waals surface area contributed by atoms with Gasteiger partial charge in [0.25, 0.3) is 5.69 Å². The topological polar surface area (TPSA) is 87.0 Å². The predicted octanol–water partition coefficient (Wildman–Crippen LogP) is 2.43. The summed E-state index contributed by atoms with van der Waals surface area (Å²) in [6.07, 6.45) is 2.90. The molecule has 1 aliphatic rings. The number of hydrogen-bond acceptors (Lipinski definition) is 4. The number of nitrogens with zero attached hydrogens (tertiary/aromatic N) is 3. The summed E-state index contributed by atoms with van der Waals surface area (Å²) in [4.78, 5) is 10.5. The molecule has 0 spiro atoms. The van der Waals surface area contributed by atoms with Gasteiger partial charge in [-0.3, -0.25) is 10.1 Å². The summed E-state index contributed by atoms with van der Waals surface area (Å²) in [6, 6.07) is 6.57. The molecule has 0 bridgehead atoms. The van der Waals surface area contributed by atoms with Gasteiger partial charge < -0.3 is 5.73 Å². The van der Waals surface area contributed by atoms with Gasteiger partial charge in [-0.15, -0.1) is 0 Å². The lowest BCUT2D eigenvalue weighted by molar-refractivity contribution is -0.384. The van der Waals surface area contributed by atoms with E-state index in [1.54, 1.807) is 16.8 Å². The number of fused-ring (bicyclic) bond motifs is 1. The fraction of sp³-hybridized carbons (Fsp3) is 0.357. The zero-order chi connectivity index (χ0) is 14.3. The van der Waals surface area contributed by atoms with Gasteiger partial charge in [0.1, 0.15) is 0 Å². The van der Waals surface area contributed by atoms with Gasteiger partial charge in [0.15, 0.2) is 0 Å². The summed E-state index contributed by atoms with van der Waals surface area (Å²) in [6.45, 7) is 1.94. The first-order valence-corrected chi connectivity index (χ1v) is 6.66. The second kappa shape index (κ2) is 4.72. The molecular weight excluding hydrogens is 256 g/mol. The molecule has 0 amide bonds. The Bertz CT molecular complexity index is 678. The van der Waals surface area contributed by atoms with E-state index in [0.717, 1.165) is 41.9 Å². The second-order valence-corrected chi connectivity index (χ2v) is 5.13. The summed E-state index contributed by atoms with van der Waals surface area (Å²) < 4.78 is 1.80. The number of aromatic nitrogens is 2. The first-order chi connectivity index (χ1) is 9.58. The SMILES string of the molecule is Cc1nn(-c2cccc([N+](=O)[O-])c2)c2c1C(N)CCC2. The zero-order valence-electron chi connectivity index (χ0n) is 11.2. The molecule has 1 heterocycles. The van der Waals surface area contributed by atoms with Crippen LogP contribution in [-0.4, -0.2) is 14.7 Å². The van der Waals surface area contributed by atoms with Crippen molar-refractivity contribution in [1.82, 2.24) is 9.78 Å². The highest BCUT2D eigenvalue weighted by molar-refractivity contribution is 5.46. The molecule has 0 saturated carbocycles. The molecule has 3 rings (SSSR count). The molecule has 1 aromatic heterocycles. The maximum absolute atomic E-state index is 10.9. The van der Waals surface area contributed by atoms with Gasteiger partial charge in [-0.05, 0) is 32.3 Å². The quantitative estimate of drug-likeness (QED) is 0.671. The molecule has 2 aromatic rings. The van der Waals surface area contributed by atoms with Crippen LogP contribution in [0.1, 0.15) is 35.8 Å². The van der Waals surface area contributed by atoms with Gasteiger partial charge in [-0.25, -0.2) is 4.68 Å². The fourth-order valence-electron chi connectivity index (χ4n) is 2.90. The van der Waals surface area contributed by atoms with Crippen molar-refractivity contribution in [1.29, 1.82) is 0 Å². The van der Waals surface area contributed by atoms with Crippen LogP contribution in [0.2, 0.25) is 0 Å². The molecule has 0 radical (unpaired) electrons. The lowest BCUT2D eigenvalue weighted by atomic mass is 9.92. The molecule has 20 heavy (non-hydrogen) atoms. The zero-order valence-corrected chi connectivity index (χ0v) is 11.2. The normalized spacial score (nSPS) is 17.8. The molecule has 1 atom stereocenters. The highest BCUT2D eigenvalue weighted by atomic mass is 16.6. The number of aryl methyl sites for hydroxylation is 1. The van der Waals surface area contributed by atoms with Crippen LogP contribution in [0.25, 0.3) is 5.69 Å². The minimum Gasteiger partial charge on any atom is -0.324 e. The minimum absolute atomic E-state index is 0.0196. The summed E-state index contributed by atoms with van der Waals surface area (Å²) in [7, 11) is 0. The van der Waals surface area contributed by atoms with Crippen molar-refractivity contribution >= 4 is 5.69 Å². The minimum atomic E-state index is -0.391. The molecule has 1 aromatic carbocycles. The third-order valence-electron chi connectivity index (χ3n) is 3.79. The number of nitrogens with two attached hydrogens (primary N) is 1. The largest absolute Gasteiger partial charge is 0.324 e. The van der Waals surface area contributed by atoms with Crippen molar-refractivity contribution in [3.05, 3.63) is 51.3 Å². The molecule has 0 fully saturated rings. The van der Waals surface area contributed by atoms with E-state index in [1.807, 2.05) is 13.0 Å². The van der Waals surface area contributed by atoms with Gasteiger partial charge in [0.05, 0.1) is 16.3 Å². The molecule has 1 aliphatic carbocycles. The van der Waals surface area contributed by atoms with Crippen molar-refractivity contribution in [3.63, 3.8) is 0 Å². The van der Waals surface area contributed by atoms with Crippen molar-refractivity contribution < 1.29 is 4.92 Å². The number of hydrogen-bond donors (Lipinski definition) is 1. The van der Waals surface area contributed by atoms with Crippen molar-refractivity contribution in [2.45, 2.75) is 32.2 Å². The summed E-state index contributed by atoms with van der Waals surface area (Å²) in [5.41, 5.74) is 10.0. The van der Waals surface area contributed by atoms with Crippen LogP contribution in [-0.2, 0) is 6.42 Å². The van der Waals surface area contributed by atoms with E-state index in [0.29, 0.717) is 0 Å². The van der Waals surface area contributed by atoms with Crippen molar-refractivity contribution in [2.75, 3.05) is 0 Å². The van der Waals surface area contributed by atoms with E-state index in [-0.39, 0.29) is 11.7 Å². The molecular formula is C14H16N4O2. The molecule has 1 unspecified atom stereocenters. The van der Waals surface area contributed by atoms with E-state index in [2.05, 4.69) is 5.10 Å². The summed E-state index contributed by atoms with van der Waals surface area (Å²) in [5.74, 6) is 0. The molecule has 0 saturated heterocycles. The highest BCUT2D eigenvalue weighted by Gasteiger charge is 2.25. The Hall–Kier alpha value is -2.21. The van der Waals surface area contributed by atoms with E-state index in [9.17, 15) is 10.1 Å². The van der Waals surface area contributed by atoms with Crippen LogP contribution in [0.4, 0.5) is 5.69 Å². The standard InChI is InChI=1S/C14H16N4O2/c1-9-14-12(15)6-3-7-13(14)17(16-9)10-4-2-5-11(8-10)18(19)20/h2,4-5,8,12H,3,6-7,15H2,1H3. The summed E-state index contributed by atoms with van der Waals surface area (Å²) in [5, 5.41) is 15.4. The van der Waals surface area contributed by atoms with Crippen molar-refractivity contribution in [2.24, 2.45) is 5.73 Å². The van der Waals surface area contributed by atoms with Crippen molar-refractivity contribution in [3.8, 4) is 5.69 Å². The Morgan fingerprint density at radius 2 is 2.30 bits per heavy atom. The Balaban J connectivity index is 2.14. The number of nitro benzene ring substituents is 1. The van der Waals surface area contributed by atoms with Crippen LogP contribution in [0.3, 0.4) is 0 Å². The van der Waals surface area contributed by atoms with E-state index in [1.165, 1.54) is 6.07 Å². The van der Waals surface area contributed by atoms with Crippen LogP contribution in [0.5, 0.6) is 0 Å². The van der Waals surface area contributed by atoms with E-state index < -0.39 is 4.92 Å². The number of rotatable bonds is 2. The van der Waals surface area contributed by atoms with Crippen LogP contribution in [0, 0.1) is 17.0 Å². The van der Waals surface area contributed by atoms with Crippen LogP contribution in [0.15, 0.2) is 24.3 Å². The molecule has 104 valence electrons. The lowest BCUT2D eigenvalue weighted by Crippen LogP contribution is -2.18. The van der Waals surface area contributed by atoms with Gasteiger partial charge in [-0.2, -0.15) is 5.10 Å². The highest BCUT2D eigenvalue weighted by Crippen LogP contribution is 2.32. The van der Waals surface area contributed by atoms with Gasteiger partial charge in [0, 0.05) is 29.4 Å². The number of benzene rings is 1. The molecule has 0 aliphatic heterocycles. The molecule has 6 heteroatoms. The monoisotopic (exact) mass is 272 g/mol. The maximum atomic E-state index is 10.9. The average molecular weight is 272 g/mol. The Labute approximate surface area is 116 Å². The van der Waals surface area contributed by atoms with Crippen LogP contribution < -0.4 is 5.73 Å². The third kappa shape index (κ3) is 1.98. The Morgan fingerprint density at radius 1 is 1.50 bits per heavy atom. The average Bonchev–Trinajstić information content (AvgIpc) is 2.78. The number of non-ortho nitro benzene ring substituents is 1. The maximum Gasteiger partial charge on any atom is 0.271 e. The molecule has 2 N–H and O–H groups in total. The summed E-state index contributed by atoms with van der Waals surface area (Å²) >= 11 is 0. The predicted molar refractivity (Wildman–Crippen MR) is 74.8 cm³/mol. The lowest BCUT2D eigenvalue weighted by Gasteiger charge is -2.20. The number of nitro groups is 1. The Kier molecular flexibility index (Phi) is 3.02. The van der Waals surface area contributed by atoms with Gasteiger partial charge >= 0.3 is 0 Å². The third-order valence-corrected chi connectivity index (χ3v) is 3.79. The first kappa shape index (κ1) is 12.8. The molecule has 6 nitrogen and oxygen atoms in total. The van der Waals surface area contributed by atoms with E-state index in [4.69, 9.17) is 5.73 Å². The van der Waals surface area contributed by atoms with Gasteiger partial charge in [0.2, 0.25) is 0 Å². The Morgan fingerprint density at radius 3 is 3.05 bits per heavy atom. The fourth-order valence-corrected chi connectivity index (χ4v) is 2.90. The van der Waals surface area contributed by atoms with Gasteiger partial charge in [-0.1, -0.05) is 6.07 Å². The van der Waals surface area contributed by atoms with E-state index >= 15 is 0 Å². The first-order valence-electron chi connectivity index (χ1n) is 6.66. The van der Waals surface area contributed by atoms with Crippen LogP contribution >= 0.6 is 0 Å².